The van der Waals surface area contributed by atoms with Crippen LogP contribution >= 0.6 is 0 Å². The van der Waals surface area contributed by atoms with Crippen molar-refractivity contribution in [1.82, 2.24) is 5.32 Å². The maximum absolute atomic E-state index is 11.8. The largest absolute Gasteiger partial charge is 0.313 e. The Morgan fingerprint density at radius 1 is 1.31 bits per heavy atom. The van der Waals surface area contributed by atoms with E-state index in [1.165, 1.54) is 19.3 Å². The minimum atomic E-state index is -2.97. The van der Waals surface area contributed by atoms with E-state index in [-0.39, 0.29) is 5.75 Å². The molecule has 4 heteroatoms. The van der Waals surface area contributed by atoms with Crippen molar-refractivity contribution in [2.45, 2.75) is 57.7 Å². The fourth-order valence-electron chi connectivity index (χ4n) is 1.83. The SMILES string of the molecule is CC(NCCS(=O)(=O)C(C)(C)C)C1CCC1. The molecule has 3 nitrogen and oxygen atoms in total. The predicted molar refractivity (Wildman–Crippen MR) is 68.3 cm³/mol. The van der Waals surface area contributed by atoms with Gasteiger partial charge in [0.1, 0.15) is 0 Å². The van der Waals surface area contributed by atoms with Crippen LogP contribution in [0, 0.1) is 5.92 Å². The summed E-state index contributed by atoms with van der Waals surface area (Å²) in [5, 5.41) is 3.33. The van der Waals surface area contributed by atoms with E-state index in [9.17, 15) is 8.42 Å². The van der Waals surface area contributed by atoms with Crippen LogP contribution in [0.25, 0.3) is 0 Å². The van der Waals surface area contributed by atoms with E-state index in [1.54, 1.807) is 20.8 Å². The summed E-state index contributed by atoms with van der Waals surface area (Å²) in [6.07, 6.45) is 3.91. The Bertz CT molecular complexity index is 312. The van der Waals surface area contributed by atoms with Gasteiger partial charge in [0, 0.05) is 12.6 Å². The van der Waals surface area contributed by atoms with Crippen molar-refractivity contribution >= 4 is 9.84 Å². The van der Waals surface area contributed by atoms with Crippen LogP contribution in [0.1, 0.15) is 47.0 Å². The molecule has 96 valence electrons. The van der Waals surface area contributed by atoms with Crippen LogP contribution in [0.2, 0.25) is 0 Å². The molecule has 1 aliphatic carbocycles. The molecule has 16 heavy (non-hydrogen) atoms. The first-order chi connectivity index (χ1) is 7.24. The molecule has 1 saturated carbocycles. The normalized spacial score (nSPS) is 20.5. The number of sulfone groups is 1. The molecule has 0 bridgehead atoms. The Morgan fingerprint density at radius 2 is 1.88 bits per heavy atom. The summed E-state index contributed by atoms with van der Waals surface area (Å²) in [5.74, 6) is 1.01. The second-order valence-corrected chi connectivity index (χ2v) is 8.73. The van der Waals surface area contributed by atoms with Gasteiger partial charge in [-0.3, -0.25) is 0 Å². The van der Waals surface area contributed by atoms with E-state index in [4.69, 9.17) is 0 Å². The molecule has 0 aromatic heterocycles. The van der Waals surface area contributed by atoms with Crippen molar-refractivity contribution in [3.05, 3.63) is 0 Å². The van der Waals surface area contributed by atoms with Crippen molar-refractivity contribution in [3.63, 3.8) is 0 Å². The third-order valence-corrected chi connectivity index (χ3v) is 6.23. The predicted octanol–water partition coefficient (Wildman–Crippen LogP) is 1.98. The third-order valence-electron chi connectivity index (χ3n) is 3.63. The van der Waals surface area contributed by atoms with Gasteiger partial charge in [0.25, 0.3) is 0 Å². The molecule has 0 saturated heterocycles. The van der Waals surface area contributed by atoms with Crippen LogP contribution in [0.3, 0.4) is 0 Å². The Kier molecular flexibility index (Phi) is 4.41. The van der Waals surface area contributed by atoms with Crippen molar-refractivity contribution in [1.29, 1.82) is 0 Å². The van der Waals surface area contributed by atoms with Gasteiger partial charge in [-0.1, -0.05) is 6.42 Å². The minimum Gasteiger partial charge on any atom is -0.313 e. The molecule has 1 aliphatic rings. The summed E-state index contributed by atoms with van der Waals surface area (Å²) in [5.41, 5.74) is 0. The van der Waals surface area contributed by atoms with Crippen molar-refractivity contribution < 1.29 is 8.42 Å². The van der Waals surface area contributed by atoms with Crippen LogP contribution in [0.5, 0.6) is 0 Å². The molecule has 0 aromatic rings. The monoisotopic (exact) mass is 247 g/mol. The van der Waals surface area contributed by atoms with Crippen LogP contribution in [-0.2, 0) is 9.84 Å². The van der Waals surface area contributed by atoms with E-state index in [2.05, 4.69) is 12.2 Å². The molecule has 1 fully saturated rings. The lowest BCUT2D eigenvalue weighted by Gasteiger charge is -2.32. The number of hydrogen-bond donors (Lipinski definition) is 1. The van der Waals surface area contributed by atoms with Gasteiger partial charge < -0.3 is 5.32 Å². The standard InChI is InChI=1S/C12H25NO2S/c1-10(11-6-5-7-11)13-8-9-16(14,15)12(2,3)4/h10-11,13H,5-9H2,1-4H3. The van der Waals surface area contributed by atoms with E-state index < -0.39 is 14.6 Å². The zero-order valence-electron chi connectivity index (χ0n) is 10.9. The summed E-state index contributed by atoms with van der Waals surface area (Å²) >= 11 is 0. The van der Waals surface area contributed by atoms with Gasteiger partial charge in [-0.2, -0.15) is 0 Å². The van der Waals surface area contributed by atoms with E-state index >= 15 is 0 Å². The summed E-state index contributed by atoms with van der Waals surface area (Å²) in [7, 11) is -2.97. The topological polar surface area (TPSA) is 46.2 Å². The van der Waals surface area contributed by atoms with Gasteiger partial charge >= 0.3 is 0 Å². The third kappa shape index (κ3) is 3.45. The Hall–Kier alpha value is -0.0900. The Morgan fingerprint density at radius 3 is 2.25 bits per heavy atom. The fourth-order valence-corrected chi connectivity index (χ4v) is 2.83. The molecule has 0 aliphatic heterocycles. The highest BCUT2D eigenvalue weighted by Crippen LogP contribution is 2.29. The van der Waals surface area contributed by atoms with E-state index in [0.29, 0.717) is 12.6 Å². The Balaban J connectivity index is 2.29. The maximum Gasteiger partial charge on any atom is 0.156 e. The van der Waals surface area contributed by atoms with Crippen LogP contribution < -0.4 is 5.32 Å². The second-order valence-electron chi connectivity index (χ2n) is 5.87. The molecule has 0 heterocycles. The fraction of sp³-hybridized carbons (Fsp3) is 1.00. The van der Waals surface area contributed by atoms with Crippen molar-refractivity contribution in [3.8, 4) is 0 Å². The average Bonchev–Trinajstić information content (AvgIpc) is 1.97. The first kappa shape index (κ1) is 14.0. The zero-order valence-corrected chi connectivity index (χ0v) is 11.7. The quantitative estimate of drug-likeness (QED) is 0.808. The molecule has 0 spiro atoms. The lowest BCUT2D eigenvalue weighted by Crippen LogP contribution is -2.41. The highest BCUT2D eigenvalue weighted by molar-refractivity contribution is 7.92. The molecule has 0 aromatic carbocycles. The van der Waals surface area contributed by atoms with Gasteiger partial charge in [0.2, 0.25) is 0 Å². The van der Waals surface area contributed by atoms with E-state index in [1.807, 2.05) is 0 Å². The van der Waals surface area contributed by atoms with Crippen LogP contribution in [0.4, 0.5) is 0 Å². The first-order valence-electron chi connectivity index (χ1n) is 6.20. The molecule has 1 unspecified atom stereocenters. The van der Waals surface area contributed by atoms with Crippen molar-refractivity contribution in [2.24, 2.45) is 5.92 Å². The van der Waals surface area contributed by atoms with Gasteiger partial charge in [-0.15, -0.1) is 0 Å². The molecule has 0 radical (unpaired) electrons. The lowest BCUT2D eigenvalue weighted by molar-refractivity contribution is 0.243. The Labute approximate surface area is 99.9 Å². The molecule has 1 rings (SSSR count). The molecular formula is C12H25NO2S. The smallest absolute Gasteiger partial charge is 0.156 e. The second kappa shape index (κ2) is 5.05. The van der Waals surface area contributed by atoms with Crippen LogP contribution in [0.15, 0.2) is 0 Å². The lowest BCUT2D eigenvalue weighted by atomic mass is 9.80. The minimum absolute atomic E-state index is 0.244. The van der Waals surface area contributed by atoms with Crippen molar-refractivity contribution in [2.75, 3.05) is 12.3 Å². The van der Waals surface area contributed by atoms with Gasteiger partial charge in [0.15, 0.2) is 9.84 Å². The maximum atomic E-state index is 11.8. The van der Waals surface area contributed by atoms with Gasteiger partial charge in [-0.05, 0) is 46.5 Å². The first-order valence-corrected chi connectivity index (χ1v) is 7.85. The van der Waals surface area contributed by atoms with Gasteiger partial charge in [0.05, 0.1) is 10.5 Å². The summed E-state index contributed by atoms with van der Waals surface area (Å²) in [6, 6.07) is 0.462. The summed E-state index contributed by atoms with van der Waals surface area (Å²) in [6.45, 7) is 8.03. The molecule has 1 atom stereocenters. The number of hydrogen-bond acceptors (Lipinski definition) is 3. The highest BCUT2D eigenvalue weighted by Gasteiger charge is 2.29. The number of rotatable bonds is 5. The molecule has 0 amide bonds. The zero-order chi connectivity index (χ0) is 12.4. The van der Waals surface area contributed by atoms with E-state index in [0.717, 1.165) is 5.92 Å². The summed E-state index contributed by atoms with van der Waals surface area (Å²) in [4.78, 5) is 0. The highest BCUT2D eigenvalue weighted by atomic mass is 32.2. The van der Waals surface area contributed by atoms with Gasteiger partial charge in [-0.25, -0.2) is 8.42 Å². The number of nitrogens with one attached hydrogen (secondary N) is 1. The summed E-state index contributed by atoms with van der Waals surface area (Å²) < 4.78 is 23.1. The average molecular weight is 247 g/mol. The molecule has 1 N–H and O–H groups in total. The van der Waals surface area contributed by atoms with Crippen LogP contribution in [-0.4, -0.2) is 31.5 Å². The molecular weight excluding hydrogens is 222 g/mol.